The number of amides is 1. The molecule has 29 heavy (non-hydrogen) atoms. The van der Waals surface area contributed by atoms with Crippen molar-refractivity contribution in [3.63, 3.8) is 0 Å². The lowest BCUT2D eigenvalue weighted by Crippen LogP contribution is -2.50. The van der Waals surface area contributed by atoms with Gasteiger partial charge in [0.2, 0.25) is 5.91 Å². The molecule has 0 bridgehead atoms. The fourth-order valence-electron chi connectivity index (χ4n) is 3.85. The SMILES string of the molecule is CC(C)(C)C1CCC(N(N)CC(=O)N2CCCC2C#N)CC1.O=C(O)C(F)(F)F. The molecule has 1 unspecified atom stereocenters. The van der Waals surface area contributed by atoms with E-state index in [1.54, 1.807) is 9.91 Å². The minimum Gasteiger partial charge on any atom is -0.475 e. The first-order valence-electron chi connectivity index (χ1n) is 9.78. The van der Waals surface area contributed by atoms with Gasteiger partial charge < -0.3 is 10.0 Å². The van der Waals surface area contributed by atoms with Crippen LogP contribution in [0.5, 0.6) is 0 Å². The van der Waals surface area contributed by atoms with Crippen LogP contribution in [0.4, 0.5) is 13.2 Å². The molecular formula is C19H31F3N4O3. The Kier molecular flexibility index (Phi) is 8.90. The van der Waals surface area contributed by atoms with Gasteiger partial charge >= 0.3 is 12.1 Å². The Morgan fingerprint density at radius 3 is 2.10 bits per heavy atom. The van der Waals surface area contributed by atoms with E-state index in [-0.39, 0.29) is 18.5 Å². The second-order valence-electron chi connectivity index (χ2n) is 8.72. The van der Waals surface area contributed by atoms with Crippen LogP contribution >= 0.6 is 0 Å². The molecule has 0 spiro atoms. The summed E-state index contributed by atoms with van der Waals surface area (Å²) in [6.07, 6.45) is 1.12. The maximum absolute atomic E-state index is 12.3. The second-order valence-corrected chi connectivity index (χ2v) is 8.72. The summed E-state index contributed by atoms with van der Waals surface area (Å²) in [7, 11) is 0. The van der Waals surface area contributed by atoms with Gasteiger partial charge in [0.1, 0.15) is 6.04 Å². The zero-order valence-electron chi connectivity index (χ0n) is 17.2. The van der Waals surface area contributed by atoms with Crippen LogP contribution in [0.1, 0.15) is 59.3 Å². The van der Waals surface area contributed by atoms with E-state index in [0.717, 1.165) is 31.6 Å². The summed E-state index contributed by atoms with van der Waals surface area (Å²) >= 11 is 0. The third-order valence-electron chi connectivity index (χ3n) is 5.67. The number of aliphatic carboxylic acids is 1. The normalized spacial score (nSPS) is 25.2. The van der Waals surface area contributed by atoms with Crippen molar-refractivity contribution >= 4 is 11.9 Å². The highest BCUT2D eigenvalue weighted by atomic mass is 19.4. The number of carboxylic acid groups (broad SMARTS) is 1. The van der Waals surface area contributed by atoms with Crippen molar-refractivity contribution in [3.05, 3.63) is 0 Å². The molecule has 0 aromatic rings. The van der Waals surface area contributed by atoms with Gasteiger partial charge in [0.15, 0.2) is 0 Å². The monoisotopic (exact) mass is 420 g/mol. The van der Waals surface area contributed by atoms with Crippen LogP contribution in [-0.4, -0.2) is 58.2 Å². The number of hydrogen-bond acceptors (Lipinski definition) is 5. The zero-order valence-corrected chi connectivity index (χ0v) is 17.2. The molecule has 3 N–H and O–H groups in total. The number of likely N-dealkylation sites (tertiary alicyclic amines) is 1. The smallest absolute Gasteiger partial charge is 0.475 e. The highest BCUT2D eigenvalue weighted by Crippen LogP contribution is 2.38. The van der Waals surface area contributed by atoms with E-state index < -0.39 is 12.1 Å². The molecule has 7 nitrogen and oxygen atoms in total. The molecule has 0 radical (unpaired) electrons. The van der Waals surface area contributed by atoms with Crippen LogP contribution in [0.25, 0.3) is 0 Å². The highest BCUT2D eigenvalue weighted by molar-refractivity contribution is 5.79. The number of carbonyl (C=O) groups excluding carboxylic acids is 1. The molecule has 166 valence electrons. The first-order valence-corrected chi connectivity index (χ1v) is 9.78. The average molecular weight is 420 g/mol. The van der Waals surface area contributed by atoms with Gasteiger partial charge in [-0.05, 0) is 49.9 Å². The van der Waals surface area contributed by atoms with E-state index in [0.29, 0.717) is 18.0 Å². The van der Waals surface area contributed by atoms with Gasteiger partial charge in [0.05, 0.1) is 12.6 Å². The van der Waals surface area contributed by atoms with Gasteiger partial charge in [-0.3, -0.25) is 10.6 Å². The van der Waals surface area contributed by atoms with E-state index in [2.05, 4.69) is 26.8 Å². The van der Waals surface area contributed by atoms with Crippen molar-refractivity contribution in [3.8, 4) is 6.07 Å². The van der Waals surface area contributed by atoms with Crippen molar-refractivity contribution in [2.45, 2.75) is 77.6 Å². The number of nitriles is 1. The Hall–Kier alpha value is -1.86. The van der Waals surface area contributed by atoms with Crippen molar-refractivity contribution in [1.29, 1.82) is 5.26 Å². The number of nitrogens with zero attached hydrogens (tertiary/aromatic N) is 3. The maximum Gasteiger partial charge on any atom is 0.490 e. The number of hydrogen-bond donors (Lipinski definition) is 2. The van der Waals surface area contributed by atoms with Crippen LogP contribution in [0.2, 0.25) is 0 Å². The minimum atomic E-state index is -5.08. The van der Waals surface area contributed by atoms with Crippen LogP contribution < -0.4 is 5.84 Å². The van der Waals surface area contributed by atoms with E-state index in [1.807, 2.05) is 0 Å². The highest BCUT2D eigenvalue weighted by Gasteiger charge is 2.38. The lowest BCUT2D eigenvalue weighted by Gasteiger charge is -2.39. The van der Waals surface area contributed by atoms with Crippen LogP contribution in [0.15, 0.2) is 0 Å². The molecule has 2 aliphatic rings. The predicted octanol–water partition coefficient (Wildman–Crippen LogP) is 2.91. The fourth-order valence-corrected chi connectivity index (χ4v) is 3.85. The Morgan fingerprint density at radius 2 is 1.69 bits per heavy atom. The number of rotatable bonds is 3. The Morgan fingerprint density at radius 1 is 1.17 bits per heavy atom. The molecule has 1 saturated carbocycles. The van der Waals surface area contributed by atoms with Crippen LogP contribution in [0.3, 0.4) is 0 Å². The number of halogens is 3. The van der Waals surface area contributed by atoms with Crippen molar-refractivity contribution in [1.82, 2.24) is 9.91 Å². The summed E-state index contributed by atoms with van der Waals surface area (Å²) in [5.41, 5.74) is 0.357. The first kappa shape index (κ1) is 25.2. The number of hydrazine groups is 1. The molecular weight excluding hydrogens is 389 g/mol. The molecule has 1 heterocycles. The number of alkyl halides is 3. The van der Waals surface area contributed by atoms with E-state index in [9.17, 15) is 18.0 Å². The van der Waals surface area contributed by atoms with Gasteiger partial charge in [0.25, 0.3) is 0 Å². The van der Waals surface area contributed by atoms with E-state index in [4.69, 9.17) is 21.0 Å². The third-order valence-corrected chi connectivity index (χ3v) is 5.67. The molecule has 2 rings (SSSR count). The molecule has 1 aliphatic heterocycles. The quantitative estimate of drug-likeness (QED) is 0.537. The van der Waals surface area contributed by atoms with Gasteiger partial charge in [-0.2, -0.15) is 18.4 Å². The predicted molar refractivity (Wildman–Crippen MR) is 100 cm³/mol. The van der Waals surface area contributed by atoms with Crippen molar-refractivity contribution in [2.75, 3.05) is 13.1 Å². The topological polar surface area (TPSA) is 111 Å². The number of nitrogens with two attached hydrogens (primary N) is 1. The molecule has 2 fully saturated rings. The van der Waals surface area contributed by atoms with E-state index >= 15 is 0 Å². The standard InChI is InChI=1S/C17H30N4O.C2HF3O2/c1-17(2,3)13-6-8-14(9-7-13)21(19)12-16(22)20-10-4-5-15(20)11-18;3-2(4,5)1(6)7/h13-15H,4-10,12,19H2,1-3H3;(H,6,7). The van der Waals surface area contributed by atoms with Crippen LogP contribution in [0, 0.1) is 22.7 Å². The summed E-state index contributed by atoms with van der Waals surface area (Å²) in [4.78, 5) is 22.9. The largest absolute Gasteiger partial charge is 0.490 e. The summed E-state index contributed by atoms with van der Waals surface area (Å²) < 4.78 is 31.7. The lowest BCUT2D eigenvalue weighted by molar-refractivity contribution is -0.192. The van der Waals surface area contributed by atoms with Gasteiger partial charge in [-0.1, -0.05) is 20.8 Å². The summed E-state index contributed by atoms with van der Waals surface area (Å²) in [5.74, 6) is 4.15. The summed E-state index contributed by atoms with van der Waals surface area (Å²) in [5, 5.41) is 17.9. The summed E-state index contributed by atoms with van der Waals surface area (Å²) in [6, 6.07) is 2.26. The molecule has 1 atom stereocenters. The molecule has 0 aromatic carbocycles. The lowest BCUT2D eigenvalue weighted by atomic mass is 9.71. The van der Waals surface area contributed by atoms with Gasteiger partial charge in [-0.25, -0.2) is 9.80 Å². The second kappa shape index (κ2) is 10.3. The Labute approximate surface area is 169 Å². The first-order chi connectivity index (χ1) is 13.3. The van der Waals surface area contributed by atoms with Gasteiger partial charge in [-0.15, -0.1) is 0 Å². The van der Waals surface area contributed by atoms with Gasteiger partial charge in [0, 0.05) is 12.6 Å². The number of carbonyl (C=O) groups is 2. The Balaban J connectivity index is 0.000000516. The number of carboxylic acids is 1. The molecule has 10 heteroatoms. The Bertz CT molecular complexity index is 605. The maximum atomic E-state index is 12.3. The van der Waals surface area contributed by atoms with Crippen LogP contribution in [-0.2, 0) is 9.59 Å². The minimum absolute atomic E-state index is 0.00416. The zero-order chi connectivity index (χ0) is 22.4. The van der Waals surface area contributed by atoms with Crippen molar-refractivity contribution in [2.24, 2.45) is 17.2 Å². The van der Waals surface area contributed by atoms with Crippen molar-refractivity contribution < 1.29 is 27.9 Å². The summed E-state index contributed by atoms with van der Waals surface area (Å²) in [6.45, 7) is 7.84. The molecule has 1 amide bonds. The third kappa shape index (κ3) is 7.82. The fraction of sp³-hybridized carbons (Fsp3) is 0.842. The van der Waals surface area contributed by atoms with E-state index in [1.165, 1.54) is 12.8 Å². The molecule has 1 saturated heterocycles. The average Bonchev–Trinajstić information content (AvgIpc) is 3.09. The molecule has 1 aliphatic carbocycles. The molecule has 0 aromatic heterocycles.